The lowest BCUT2D eigenvalue weighted by Crippen LogP contribution is -2.49. The second-order valence-corrected chi connectivity index (χ2v) is 5.17. The number of piperazine rings is 1. The van der Waals surface area contributed by atoms with Crippen LogP contribution in [0.15, 0.2) is 18.2 Å². The molecule has 22 heavy (non-hydrogen) atoms. The summed E-state index contributed by atoms with van der Waals surface area (Å²) in [6.07, 6.45) is -0.300. The van der Waals surface area contributed by atoms with Gasteiger partial charge in [-0.25, -0.2) is 8.78 Å². The van der Waals surface area contributed by atoms with Crippen molar-refractivity contribution in [2.75, 3.05) is 38.0 Å². The number of carbonyl (C=O) groups is 2. The second kappa shape index (κ2) is 7.31. The van der Waals surface area contributed by atoms with Crippen LogP contribution in [0.3, 0.4) is 0 Å². The van der Waals surface area contributed by atoms with Crippen LogP contribution in [0.1, 0.15) is 13.3 Å². The van der Waals surface area contributed by atoms with Gasteiger partial charge in [0.05, 0.1) is 0 Å². The summed E-state index contributed by atoms with van der Waals surface area (Å²) in [7, 11) is 0. The normalized spacial score (nSPS) is 15.7. The lowest BCUT2D eigenvalue weighted by molar-refractivity contribution is -0.136. The Balaban J connectivity index is 1.84. The van der Waals surface area contributed by atoms with E-state index in [1.54, 1.807) is 4.90 Å². The fraction of sp³-hybridized carbons (Fsp3) is 0.467. The summed E-state index contributed by atoms with van der Waals surface area (Å²) in [6, 6.07) is 3.06. The quantitative estimate of drug-likeness (QED) is 0.857. The number of likely N-dealkylation sites (N-methyl/N-ethyl adjacent to an activating group) is 1. The lowest BCUT2D eigenvalue weighted by Gasteiger charge is -2.33. The van der Waals surface area contributed by atoms with E-state index in [2.05, 4.69) is 17.1 Å². The number of amides is 2. The summed E-state index contributed by atoms with van der Waals surface area (Å²) in [5, 5.41) is 2.40. The van der Waals surface area contributed by atoms with E-state index in [9.17, 15) is 18.4 Å². The Morgan fingerprint density at radius 3 is 2.41 bits per heavy atom. The molecule has 7 heteroatoms. The highest BCUT2D eigenvalue weighted by Gasteiger charge is 2.22. The molecule has 1 aliphatic heterocycles. The zero-order chi connectivity index (χ0) is 16.1. The highest BCUT2D eigenvalue weighted by molar-refractivity contribution is 6.03. The Bertz CT molecular complexity index is 558. The molecule has 120 valence electrons. The Morgan fingerprint density at radius 2 is 1.82 bits per heavy atom. The van der Waals surface area contributed by atoms with Gasteiger partial charge in [0.25, 0.3) is 0 Å². The molecule has 2 rings (SSSR count). The number of benzene rings is 1. The number of nitrogens with zero attached hydrogens (tertiary/aromatic N) is 2. The Kier molecular flexibility index (Phi) is 5.43. The second-order valence-electron chi connectivity index (χ2n) is 5.17. The molecular weight excluding hydrogens is 292 g/mol. The van der Waals surface area contributed by atoms with E-state index in [0.29, 0.717) is 13.1 Å². The van der Waals surface area contributed by atoms with Gasteiger partial charge < -0.3 is 15.1 Å². The number of hydrogen-bond acceptors (Lipinski definition) is 3. The number of nitrogens with one attached hydrogen (secondary N) is 1. The minimum atomic E-state index is -1.04. The minimum Gasteiger partial charge on any atom is -0.340 e. The average molecular weight is 311 g/mol. The van der Waals surface area contributed by atoms with E-state index < -0.39 is 17.5 Å². The maximum atomic E-state index is 13.0. The summed E-state index contributed by atoms with van der Waals surface area (Å²) < 4.78 is 25.8. The van der Waals surface area contributed by atoms with Crippen molar-refractivity contribution in [1.29, 1.82) is 0 Å². The van der Waals surface area contributed by atoms with Gasteiger partial charge in [-0.2, -0.15) is 0 Å². The molecule has 0 radical (unpaired) electrons. The molecule has 0 spiro atoms. The SMILES string of the molecule is CCN1CCN(C(=O)CC(=O)Nc2ccc(F)c(F)c2)CC1. The van der Waals surface area contributed by atoms with E-state index >= 15 is 0 Å². The van der Waals surface area contributed by atoms with Gasteiger partial charge in [0.15, 0.2) is 11.6 Å². The van der Waals surface area contributed by atoms with Gasteiger partial charge in [0.2, 0.25) is 11.8 Å². The smallest absolute Gasteiger partial charge is 0.233 e. The van der Waals surface area contributed by atoms with Gasteiger partial charge in [0.1, 0.15) is 6.42 Å². The molecule has 1 N–H and O–H groups in total. The Labute approximate surface area is 127 Å². The van der Waals surface area contributed by atoms with Gasteiger partial charge in [0, 0.05) is 37.9 Å². The van der Waals surface area contributed by atoms with Crippen molar-refractivity contribution < 1.29 is 18.4 Å². The summed E-state index contributed by atoms with van der Waals surface area (Å²) in [5.74, 6) is -2.81. The van der Waals surface area contributed by atoms with Crippen molar-refractivity contribution in [3.63, 3.8) is 0 Å². The van der Waals surface area contributed by atoms with Crippen molar-refractivity contribution in [3.8, 4) is 0 Å². The highest BCUT2D eigenvalue weighted by atomic mass is 19.2. The molecule has 0 saturated carbocycles. The van der Waals surface area contributed by atoms with Crippen LogP contribution in [-0.4, -0.2) is 54.3 Å². The van der Waals surface area contributed by atoms with Crippen LogP contribution in [-0.2, 0) is 9.59 Å². The van der Waals surface area contributed by atoms with Gasteiger partial charge >= 0.3 is 0 Å². The van der Waals surface area contributed by atoms with E-state index in [1.165, 1.54) is 6.07 Å². The van der Waals surface area contributed by atoms with Crippen LogP contribution in [0.2, 0.25) is 0 Å². The van der Waals surface area contributed by atoms with E-state index in [-0.39, 0.29) is 18.0 Å². The van der Waals surface area contributed by atoms with Gasteiger partial charge in [-0.15, -0.1) is 0 Å². The van der Waals surface area contributed by atoms with Crippen molar-refractivity contribution in [3.05, 3.63) is 29.8 Å². The van der Waals surface area contributed by atoms with Crippen molar-refractivity contribution in [2.24, 2.45) is 0 Å². The first-order chi connectivity index (χ1) is 10.5. The fourth-order valence-corrected chi connectivity index (χ4v) is 2.34. The average Bonchev–Trinajstić information content (AvgIpc) is 2.51. The summed E-state index contributed by atoms with van der Waals surface area (Å²) >= 11 is 0. The van der Waals surface area contributed by atoms with Crippen LogP contribution < -0.4 is 5.32 Å². The van der Waals surface area contributed by atoms with Gasteiger partial charge in [-0.05, 0) is 18.7 Å². The molecule has 5 nitrogen and oxygen atoms in total. The molecule has 1 saturated heterocycles. The number of anilines is 1. The summed E-state index contributed by atoms with van der Waals surface area (Å²) in [5.41, 5.74) is 0.132. The van der Waals surface area contributed by atoms with E-state index in [0.717, 1.165) is 31.8 Å². The van der Waals surface area contributed by atoms with Crippen molar-refractivity contribution >= 4 is 17.5 Å². The summed E-state index contributed by atoms with van der Waals surface area (Å²) in [6.45, 7) is 5.81. The minimum absolute atomic E-state index is 0.132. The van der Waals surface area contributed by atoms with Crippen LogP contribution in [0.5, 0.6) is 0 Å². The predicted octanol–water partition coefficient (Wildman–Crippen LogP) is 1.46. The molecule has 0 aliphatic carbocycles. The molecule has 2 amide bonds. The van der Waals surface area contributed by atoms with Crippen LogP contribution in [0.25, 0.3) is 0 Å². The maximum absolute atomic E-state index is 13.0. The summed E-state index contributed by atoms with van der Waals surface area (Å²) in [4.78, 5) is 27.7. The topological polar surface area (TPSA) is 52.7 Å². The number of halogens is 2. The molecule has 0 atom stereocenters. The van der Waals surface area contributed by atoms with Crippen LogP contribution in [0, 0.1) is 11.6 Å². The van der Waals surface area contributed by atoms with Gasteiger partial charge in [-0.3, -0.25) is 9.59 Å². The van der Waals surface area contributed by atoms with E-state index in [1.807, 2.05) is 0 Å². The highest BCUT2D eigenvalue weighted by Crippen LogP contribution is 2.13. The molecule has 1 heterocycles. The standard InChI is InChI=1S/C15H19F2N3O2/c1-2-19-5-7-20(8-6-19)15(22)10-14(21)18-11-3-4-12(16)13(17)9-11/h3-4,9H,2,5-8,10H2,1H3,(H,18,21). The third kappa shape index (κ3) is 4.24. The molecule has 1 aromatic rings. The molecule has 1 aliphatic rings. The molecule has 0 unspecified atom stereocenters. The maximum Gasteiger partial charge on any atom is 0.233 e. The first kappa shape index (κ1) is 16.4. The van der Waals surface area contributed by atoms with Crippen LogP contribution in [0.4, 0.5) is 14.5 Å². The molecule has 0 aromatic heterocycles. The van der Waals surface area contributed by atoms with Crippen molar-refractivity contribution in [1.82, 2.24) is 9.80 Å². The number of rotatable bonds is 4. The first-order valence-corrected chi connectivity index (χ1v) is 7.24. The molecule has 1 aromatic carbocycles. The first-order valence-electron chi connectivity index (χ1n) is 7.24. The fourth-order valence-electron chi connectivity index (χ4n) is 2.34. The predicted molar refractivity (Wildman–Crippen MR) is 78.3 cm³/mol. The van der Waals surface area contributed by atoms with Gasteiger partial charge in [-0.1, -0.05) is 6.92 Å². The third-order valence-electron chi connectivity index (χ3n) is 3.69. The lowest BCUT2D eigenvalue weighted by atomic mass is 10.2. The molecular formula is C15H19F2N3O2. The Morgan fingerprint density at radius 1 is 1.14 bits per heavy atom. The monoisotopic (exact) mass is 311 g/mol. The van der Waals surface area contributed by atoms with Crippen LogP contribution >= 0.6 is 0 Å². The molecule has 0 bridgehead atoms. The Hall–Kier alpha value is -2.02. The molecule has 1 fully saturated rings. The van der Waals surface area contributed by atoms with Crippen molar-refractivity contribution in [2.45, 2.75) is 13.3 Å². The number of carbonyl (C=O) groups excluding carboxylic acids is 2. The zero-order valence-electron chi connectivity index (χ0n) is 12.4. The third-order valence-corrected chi connectivity index (χ3v) is 3.69. The zero-order valence-corrected chi connectivity index (χ0v) is 12.4. The number of hydrogen-bond donors (Lipinski definition) is 1. The largest absolute Gasteiger partial charge is 0.340 e. The van der Waals surface area contributed by atoms with E-state index in [4.69, 9.17) is 0 Å².